The summed E-state index contributed by atoms with van der Waals surface area (Å²) in [5.74, 6) is 0.900. The molecule has 98 valence electrons. The van der Waals surface area contributed by atoms with Crippen LogP contribution in [0.15, 0.2) is 42.5 Å². The SMILES string of the molecule is Clc1ccc(N2CCN(c3ccccc3)CC2)nn1. The molecule has 4 nitrogen and oxygen atoms in total. The molecule has 0 spiro atoms. The summed E-state index contributed by atoms with van der Waals surface area (Å²) in [4.78, 5) is 4.63. The number of halogens is 1. The molecule has 0 N–H and O–H groups in total. The van der Waals surface area contributed by atoms with E-state index in [2.05, 4.69) is 44.3 Å². The van der Waals surface area contributed by atoms with Crippen molar-refractivity contribution in [1.29, 1.82) is 0 Å². The van der Waals surface area contributed by atoms with E-state index < -0.39 is 0 Å². The van der Waals surface area contributed by atoms with Gasteiger partial charge in [0, 0.05) is 31.9 Å². The maximum absolute atomic E-state index is 5.75. The van der Waals surface area contributed by atoms with E-state index in [0.717, 1.165) is 32.0 Å². The minimum atomic E-state index is 0.437. The van der Waals surface area contributed by atoms with Gasteiger partial charge >= 0.3 is 0 Å². The summed E-state index contributed by atoms with van der Waals surface area (Å²) < 4.78 is 0. The fourth-order valence-electron chi connectivity index (χ4n) is 2.31. The van der Waals surface area contributed by atoms with Gasteiger partial charge in [0.15, 0.2) is 11.0 Å². The first-order valence-corrected chi connectivity index (χ1v) is 6.75. The molecule has 1 fully saturated rings. The molecule has 1 aromatic carbocycles. The number of anilines is 2. The van der Waals surface area contributed by atoms with E-state index in [1.165, 1.54) is 5.69 Å². The van der Waals surface area contributed by atoms with Crippen LogP contribution in [0.2, 0.25) is 5.15 Å². The number of rotatable bonds is 2. The van der Waals surface area contributed by atoms with Crippen molar-refractivity contribution < 1.29 is 0 Å². The smallest absolute Gasteiger partial charge is 0.151 e. The molecular weight excluding hydrogens is 260 g/mol. The van der Waals surface area contributed by atoms with Crippen LogP contribution in [-0.4, -0.2) is 36.4 Å². The minimum absolute atomic E-state index is 0.437. The van der Waals surface area contributed by atoms with Crippen molar-refractivity contribution in [3.05, 3.63) is 47.6 Å². The second kappa shape index (κ2) is 5.45. The molecule has 3 rings (SSSR count). The molecule has 2 heterocycles. The van der Waals surface area contributed by atoms with E-state index >= 15 is 0 Å². The molecule has 19 heavy (non-hydrogen) atoms. The summed E-state index contributed by atoms with van der Waals surface area (Å²) in [6.45, 7) is 3.89. The third-order valence-electron chi connectivity index (χ3n) is 3.34. The molecule has 1 saturated heterocycles. The molecule has 2 aromatic rings. The summed E-state index contributed by atoms with van der Waals surface area (Å²) in [6.07, 6.45) is 0. The summed E-state index contributed by atoms with van der Waals surface area (Å²) in [5.41, 5.74) is 1.28. The van der Waals surface area contributed by atoms with Crippen LogP contribution in [0.3, 0.4) is 0 Å². The third kappa shape index (κ3) is 2.79. The lowest BCUT2D eigenvalue weighted by atomic mass is 10.2. The summed E-state index contributed by atoms with van der Waals surface area (Å²) in [7, 11) is 0. The highest BCUT2D eigenvalue weighted by Crippen LogP contribution is 2.18. The van der Waals surface area contributed by atoms with Crippen LogP contribution in [0.5, 0.6) is 0 Å². The lowest BCUT2D eigenvalue weighted by molar-refractivity contribution is 0.643. The lowest BCUT2D eigenvalue weighted by Crippen LogP contribution is -2.46. The fraction of sp³-hybridized carbons (Fsp3) is 0.286. The van der Waals surface area contributed by atoms with Gasteiger partial charge in [0.1, 0.15) is 0 Å². The van der Waals surface area contributed by atoms with Gasteiger partial charge in [0.05, 0.1) is 0 Å². The zero-order valence-corrected chi connectivity index (χ0v) is 11.3. The standard InChI is InChI=1S/C14H15ClN4/c15-13-6-7-14(17-16-13)19-10-8-18(9-11-19)12-4-2-1-3-5-12/h1-7H,8-11H2. The fourth-order valence-corrected chi connectivity index (χ4v) is 2.41. The van der Waals surface area contributed by atoms with Crippen LogP contribution in [-0.2, 0) is 0 Å². The number of hydrogen-bond acceptors (Lipinski definition) is 4. The van der Waals surface area contributed by atoms with Crippen molar-refractivity contribution in [2.75, 3.05) is 36.0 Å². The molecule has 1 aromatic heterocycles. The Hall–Kier alpha value is -1.81. The van der Waals surface area contributed by atoms with Crippen LogP contribution < -0.4 is 9.80 Å². The van der Waals surface area contributed by atoms with Crippen molar-refractivity contribution in [3.63, 3.8) is 0 Å². The van der Waals surface area contributed by atoms with Crippen molar-refractivity contribution in [2.24, 2.45) is 0 Å². The van der Waals surface area contributed by atoms with Crippen LogP contribution >= 0.6 is 11.6 Å². The van der Waals surface area contributed by atoms with Crippen molar-refractivity contribution >= 4 is 23.1 Å². The molecule has 1 aliphatic heterocycles. The predicted octanol–water partition coefficient (Wildman–Crippen LogP) is 2.46. The number of benzene rings is 1. The minimum Gasteiger partial charge on any atom is -0.368 e. The van der Waals surface area contributed by atoms with Gasteiger partial charge in [-0.05, 0) is 24.3 Å². The van der Waals surface area contributed by atoms with E-state index in [-0.39, 0.29) is 0 Å². The Morgan fingerprint density at radius 3 is 2.11 bits per heavy atom. The monoisotopic (exact) mass is 274 g/mol. The summed E-state index contributed by atoms with van der Waals surface area (Å²) in [5, 5.41) is 8.45. The average molecular weight is 275 g/mol. The summed E-state index contributed by atoms with van der Waals surface area (Å²) >= 11 is 5.75. The number of hydrogen-bond donors (Lipinski definition) is 0. The Bertz CT molecular complexity index is 521. The molecule has 5 heteroatoms. The summed E-state index contributed by atoms with van der Waals surface area (Å²) in [6, 6.07) is 14.2. The molecule has 0 radical (unpaired) electrons. The molecule has 0 saturated carbocycles. The van der Waals surface area contributed by atoms with Gasteiger partial charge < -0.3 is 9.80 Å². The molecule has 0 bridgehead atoms. The number of nitrogens with zero attached hydrogens (tertiary/aromatic N) is 4. The van der Waals surface area contributed by atoms with Crippen LogP contribution in [0, 0.1) is 0 Å². The average Bonchev–Trinajstić information content (AvgIpc) is 2.49. The maximum atomic E-state index is 5.75. The van der Waals surface area contributed by atoms with E-state index in [0.29, 0.717) is 5.15 Å². The van der Waals surface area contributed by atoms with Crippen molar-refractivity contribution in [2.45, 2.75) is 0 Å². The van der Waals surface area contributed by atoms with Crippen LogP contribution in [0.1, 0.15) is 0 Å². The highest BCUT2D eigenvalue weighted by Gasteiger charge is 2.18. The Balaban J connectivity index is 1.65. The first kappa shape index (κ1) is 12.2. The number of para-hydroxylation sites is 1. The highest BCUT2D eigenvalue weighted by molar-refractivity contribution is 6.29. The first-order valence-electron chi connectivity index (χ1n) is 6.37. The van der Waals surface area contributed by atoms with Gasteiger partial charge in [-0.1, -0.05) is 29.8 Å². The van der Waals surface area contributed by atoms with E-state index in [9.17, 15) is 0 Å². The van der Waals surface area contributed by atoms with Crippen molar-refractivity contribution in [1.82, 2.24) is 10.2 Å². The van der Waals surface area contributed by atoms with Gasteiger partial charge in [-0.25, -0.2) is 0 Å². The van der Waals surface area contributed by atoms with E-state index in [1.54, 1.807) is 6.07 Å². The molecular formula is C14H15ClN4. The predicted molar refractivity (Wildman–Crippen MR) is 77.9 cm³/mol. The normalized spacial score (nSPS) is 15.6. The topological polar surface area (TPSA) is 32.3 Å². The third-order valence-corrected chi connectivity index (χ3v) is 3.54. The molecule has 0 unspecified atom stereocenters. The quantitative estimate of drug-likeness (QED) is 0.842. The number of piperazine rings is 1. The van der Waals surface area contributed by atoms with Gasteiger partial charge in [-0.15, -0.1) is 10.2 Å². The highest BCUT2D eigenvalue weighted by atomic mass is 35.5. The van der Waals surface area contributed by atoms with Crippen LogP contribution in [0.25, 0.3) is 0 Å². The Labute approximate surface area is 117 Å². The first-order chi connectivity index (χ1) is 9.33. The Morgan fingerprint density at radius 1 is 0.789 bits per heavy atom. The van der Waals surface area contributed by atoms with E-state index in [1.807, 2.05) is 12.1 Å². The lowest BCUT2D eigenvalue weighted by Gasteiger charge is -2.36. The zero-order valence-electron chi connectivity index (χ0n) is 10.5. The maximum Gasteiger partial charge on any atom is 0.151 e. The molecule has 0 atom stereocenters. The molecule has 1 aliphatic rings. The second-order valence-corrected chi connectivity index (χ2v) is 4.91. The second-order valence-electron chi connectivity index (χ2n) is 4.52. The van der Waals surface area contributed by atoms with Gasteiger partial charge in [-0.3, -0.25) is 0 Å². The molecule has 0 amide bonds. The van der Waals surface area contributed by atoms with Gasteiger partial charge in [-0.2, -0.15) is 0 Å². The van der Waals surface area contributed by atoms with Crippen LogP contribution in [0.4, 0.5) is 11.5 Å². The Kier molecular flexibility index (Phi) is 3.51. The van der Waals surface area contributed by atoms with E-state index in [4.69, 9.17) is 11.6 Å². The van der Waals surface area contributed by atoms with Gasteiger partial charge in [0.2, 0.25) is 0 Å². The largest absolute Gasteiger partial charge is 0.368 e. The van der Waals surface area contributed by atoms with Gasteiger partial charge in [0.25, 0.3) is 0 Å². The Morgan fingerprint density at radius 2 is 1.47 bits per heavy atom. The molecule has 0 aliphatic carbocycles. The van der Waals surface area contributed by atoms with Crippen molar-refractivity contribution in [3.8, 4) is 0 Å². The zero-order chi connectivity index (χ0) is 13.1. The number of aromatic nitrogens is 2.